The minimum Gasteiger partial charge on any atom is -0.335 e. The van der Waals surface area contributed by atoms with E-state index in [4.69, 9.17) is 23.2 Å². The second-order valence-corrected chi connectivity index (χ2v) is 8.67. The average molecular weight is 492 g/mol. The highest BCUT2D eigenvalue weighted by Crippen LogP contribution is 2.31. The summed E-state index contributed by atoms with van der Waals surface area (Å²) < 4.78 is 14.2. The molecule has 0 bridgehead atoms. The molecule has 1 atom stereocenters. The van der Waals surface area contributed by atoms with Crippen molar-refractivity contribution >= 4 is 63.2 Å². The van der Waals surface area contributed by atoms with Gasteiger partial charge in [0.05, 0.1) is 17.4 Å². The van der Waals surface area contributed by atoms with Gasteiger partial charge in [0.2, 0.25) is 11.8 Å². The fourth-order valence-corrected chi connectivity index (χ4v) is 4.42. The lowest BCUT2D eigenvalue weighted by Gasteiger charge is -2.25. The van der Waals surface area contributed by atoms with Crippen LogP contribution in [-0.4, -0.2) is 28.7 Å². The van der Waals surface area contributed by atoms with Crippen molar-refractivity contribution in [1.82, 2.24) is 9.88 Å². The molecular formula is C23H20Cl2FN3O2S. The zero-order valence-corrected chi connectivity index (χ0v) is 19.9. The fourth-order valence-electron chi connectivity index (χ4n) is 3.01. The third kappa shape index (κ3) is 5.35. The molecule has 1 heterocycles. The van der Waals surface area contributed by atoms with Gasteiger partial charge in [-0.1, -0.05) is 41.4 Å². The smallest absolute Gasteiger partial charge is 0.246 e. The second-order valence-electron chi connectivity index (χ2n) is 6.99. The van der Waals surface area contributed by atoms with Crippen LogP contribution < -0.4 is 4.90 Å². The van der Waals surface area contributed by atoms with E-state index in [2.05, 4.69) is 4.98 Å². The predicted molar refractivity (Wildman–Crippen MR) is 128 cm³/mol. The summed E-state index contributed by atoms with van der Waals surface area (Å²) >= 11 is 13.4. The van der Waals surface area contributed by atoms with E-state index in [1.165, 1.54) is 41.4 Å². The Kier molecular flexibility index (Phi) is 7.66. The minimum absolute atomic E-state index is 0.120. The van der Waals surface area contributed by atoms with Gasteiger partial charge in [-0.2, -0.15) is 0 Å². The Labute approximate surface area is 199 Å². The van der Waals surface area contributed by atoms with Crippen LogP contribution >= 0.6 is 34.5 Å². The Bertz CT molecular complexity index is 1180. The van der Waals surface area contributed by atoms with Crippen LogP contribution in [0.25, 0.3) is 6.08 Å². The lowest BCUT2D eigenvalue weighted by molar-refractivity contribution is -0.126. The van der Waals surface area contributed by atoms with Crippen molar-refractivity contribution in [3.63, 3.8) is 0 Å². The molecule has 9 heteroatoms. The Hall–Kier alpha value is -2.74. The molecule has 0 aliphatic carbocycles. The molecule has 5 nitrogen and oxygen atoms in total. The summed E-state index contributed by atoms with van der Waals surface area (Å²) in [6.07, 6.45) is 2.94. The number of hydrogen-bond donors (Lipinski definition) is 0. The van der Waals surface area contributed by atoms with E-state index in [0.717, 1.165) is 5.56 Å². The standard InChI is InChI=1S/C23H20Cl2FN3O2S/c1-14(18-10-8-16(24)12-19(18)25)28(3)22(31)11-9-17-13-32-23(27-17)29(15(2)30)21-7-5-4-6-20(21)26/h4-14H,1-3H3/b11-9+. The van der Waals surface area contributed by atoms with Gasteiger partial charge in [0.15, 0.2) is 5.13 Å². The van der Waals surface area contributed by atoms with Gasteiger partial charge in [-0.15, -0.1) is 11.3 Å². The minimum atomic E-state index is -0.526. The molecule has 3 aromatic rings. The molecule has 0 saturated heterocycles. The van der Waals surface area contributed by atoms with E-state index in [0.29, 0.717) is 20.9 Å². The van der Waals surface area contributed by atoms with Crippen molar-refractivity contribution in [3.05, 3.63) is 81.0 Å². The molecule has 0 N–H and O–H groups in total. The van der Waals surface area contributed by atoms with Crippen LogP contribution in [0.15, 0.2) is 53.9 Å². The van der Waals surface area contributed by atoms with Crippen LogP contribution in [0.1, 0.15) is 31.1 Å². The van der Waals surface area contributed by atoms with Crippen molar-refractivity contribution in [2.24, 2.45) is 0 Å². The van der Waals surface area contributed by atoms with Crippen LogP contribution in [0.2, 0.25) is 10.0 Å². The Morgan fingerprint density at radius 2 is 1.91 bits per heavy atom. The molecule has 3 rings (SSSR count). The maximum atomic E-state index is 14.2. The Balaban J connectivity index is 1.76. The number of hydrogen-bond acceptors (Lipinski definition) is 4. The highest BCUT2D eigenvalue weighted by atomic mass is 35.5. The van der Waals surface area contributed by atoms with Gasteiger partial charge in [0.1, 0.15) is 5.82 Å². The van der Waals surface area contributed by atoms with Gasteiger partial charge in [0, 0.05) is 35.5 Å². The molecule has 1 unspecified atom stereocenters. The third-order valence-corrected chi connectivity index (χ3v) is 6.25. The first-order valence-corrected chi connectivity index (χ1v) is 11.2. The van der Waals surface area contributed by atoms with Gasteiger partial charge >= 0.3 is 0 Å². The molecular weight excluding hydrogens is 472 g/mol. The number of nitrogens with zero attached hydrogens (tertiary/aromatic N) is 3. The normalized spacial score (nSPS) is 12.1. The molecule has 2 amide bonds. The van der Waals surface area contributed by atoms with Crippen LogP contribution in [0.4, 0.5) is 15.2 Å². The molecule has 0 spiro atoms. The van der Waals surface area contributed by atoms with Crippen LogP contribution in [0.5, 0.6) is 0 Å². The Morgan fingerprint density at radius 1 is 1.19 bits per heavy atom. The summed E-state index contributed by atoms with van der Waals surface area (Å²) in [5.41, 5.74) is 1.37. The second kappa shape index (κ2) is 10.3. The summed E-state index contributed by atoms with van der Waals surface area (Å²) in [5, 5.41) is 3.00. The number of halogens is 3. The van der Waals surface area contributed by atoms with E-state index in [1.54, 1.807) is 53.7 Å². The topological polar surface area (TPSA) is 53.5 Å². The lowest BCUT2D eigenvalue weighted by Crippen LogP contribution is -2.28. The number of benzene rings is 2. The fraction of sp³-hybridized carbons (Fsp3) is 0.174. The van der Waals surface area contributed by atoms with Gasteiger partial charge < -0.3 is 4.90 Å². The number of aromatic nitrogens is 1. The molecule has 0 saturated carbocycles. The number of rotatable bonds is 6. The number of para-hydroxylation sites is 1. The largest absolute Gasteiger partial charge is 0.335 e. The molecule has 2 aromatic carbocycles. The number of amides is 2. The lowest BCUT2D eigenvalue weighted by atomic mass is 10.1. The number of carbonyl (C=O) groups is 2. The van der Waals surface area contributed by atoms with Crippen molar-refractivity contribution in [2.75, 3.05) is 11.9 Å². The first-order valence-electron chi connectivity index (χ1n) is 9.59. The quantitative estimate of drug-likeness (QED) is 0.369. The van der Waals surface area contributed by atoms with Gasteiger partial charge in [-0.3, -0.25) is 14.5 Å². The van der Waals surface area contributed by atoms with E-state index < -0.39 is 5.82 Å². The van der Waals surface area contributed by atoms with Crippen molar-refractivity contribution < 1.29 is 14.0 Å². The van der Waals surface area contributed by atoms with Crippen molar-refractivity contribution in [2.45, 2.75) is 19.9 Å². The summed E-state index contributed by atoms with van der Waals surface area (Å²) in [5.74, 6) is -1.15. The van der Waals surface area contributed by atoms with Gasteiger partial charge in [-0.25, -0.2) is 9.37 Å². The SMILES string of the molecule is CC(=O)N(c1nc(/C=C/C(=O)N(C)C(C)c2ccc(Cl)cc2Cl)cs1)c1ccccc1F. The monoisotopic (exact) mass is 491 g/mol. The number of likely N-dealkylation sites (N-methyl/N-ethyl adjacent to an activating group) is 1. The van der Waals surface area contributed by atoms with E-state index in [1.807, 2.05) is 6.92 Å². The first-order chi connectivity index (χ1) is 15.2. The molecule has 0 aliphatic rings. The number of anilines is 2. The van der Waals surface area contributed by atoms with Crippen LogP contribution in [-0.2, 0) is 9.59 Å². The average Bonchev–Trinajstić information content (AvgIpc) is 3.20. The zero-order chi connectivity index (χ0) is 23.4. The number of carbonyl (C=O) groups excluding carboxylic acids is 2. The number of thiazole rings is 1. The van der Waals surface area contributed by atoms with E-state index in [-0.39, 0.29) is 23.5 Å². The van der Waals surface area contributed by atoms with Crippen molar-refractivity contribution in [3.8, 4) is 0 Å². The maximum Gasteiger partial charge on any atom is 0.246 e. The third-order valence-electron chi connectivity index (χ3n) is 4.85. The highest BCUT2D eigenvalue weighted by molar-refractivity contribution is 7.14. The van der Waals surface area contributed by atoms with Crippen LogP contribution in [0.3, 0.4) is 0 Å². The van der Waals surface area contributed by atoms with E-state index >= 15 is 0 Å². The highest BCUT2D eigenvalue weighted by Gasteiger charge is 2.21. The van der Waals surface area contributed by atoms with Gasteiger partial charge in [-0.05, 0) is 42.8 Å². The molecule has 0 radical (unpaired) electrons. The Morgan fingerprint density at radius 3 is 2.56 bits per heavy atom. The first kappa shape index (κ1) is 23.9. The molecule has 166 valence electrons. The summed E-state index contributed by atoms with van der Waals surface area (Å²) in [4.78, 5) is 31.9. The molecule has 1 aromatic heterocycles. The maximum absolute atomic E-state index is 14.2. The van der Waals surface area contributed by atoms with E-state index in [9.17, 15) is 14.0 Å². The predicted octanol–water partition coefficient (Wildman–Crippen LogP) is 6.51. The van der Waals surface area contributed by atoms with Gasteiger partial charge in [0.25, 0.3) is 0 Å². The van der Waals surface area contributed by atoms with Crippen molar-refractivity contribution in [1.29, 1.82) is 0 Å². The van der Waals surface area contributed by atoms with Crippen LogP contribution in [0, 0.1) is 5.82 Å². The summed E-state index contributed by atoms with van der Waals surface area (Å²) in [6.45, 7) is 3.20. The molecule has 0 fully saturated rings. The molecule has 0 aliphatic heterocycles. The zero-order valence-electron chi connectivity index (χ0n) is 17.6. The molecule has 32 heavy (non-hydrogen) atoms. The summed E-state index contributed by atoms with van der Waals surface area (Å²) in [7, 11) is 1.67. The summed E-state index contributed by atoms with van der Waals surface area (Å²) in [6, 6.07) is 10.8.